The predicted octanol–water partition coefficient (Wildman–Crippen LogP) is -1.24. The highest BCUT2D eigenvalue weighted by Gasteiger charge is 2.36. The molecule has 1 atom stereocenters. The molecule has 86 valence electrons. The molecular weight excluding hydrogens is 222 g/mol. The van der Waals surface area contributed by atoms with E-state index in [1.54, 1.807) is 0 Å². The third-order valence-electron chi connectivity index (χ3n) is 1.93. The van der Waals surface area contributed by atoms with Crippen molar-refractivity contribution in [1.29, 1.82) is 0 Å². The standard InChI is InChI=1S/C7H13N3O4S/c1-5(11)6-4-7(12)10(8-6)15(13,14)9(2)3/h5,11H,4H2,1-3H3. The number of aliphatic hydroxyl groups excluding tert-OH is 1. The number of carbonyl (C=O) groups is 1. The van der Waals surface area contributed by atoms with Crippen LogP contribution in [0.5, 0.6) is 0 Å². The molecule has 1 N–H and O–H groups in total. The minimum Gasteiger partial charge on any atom is -0.387 e. The van der Waals surface area contributed by atoms with Gasteiger partial charge in [0.15, 0.2) is 0 Å². The molecule has 1 aliphatic rings. The lowest BCUT2D eigenvalue weighted by Crippen LogP contribution is -2.38. The van der Waals surface area contributed by atoms with Gasteiger partial charge in [-0.25, -0.2) is 0 Å². The van der Waals surface area contributed by atoms with Crippen LogP contribution >= 0.6 is 0 Å². The molecule has 1 amide bonds. The first kappa shape index (κ1) is 12.1. The molecule has 0 aromatic heterocycles. The number of aliphatic hydroxyl groups is 1. The second-order valence-corrected chi connectivity index (χ2v) is 5.34. The molecule has 0 radical (unpaired) electrons. The van der Waals surface area contributed by atoms with E-state index in [0.717, 1.165) is 4.31 Å². The van der Waals surface area contributed by atoms with Crippen LogP contribution in [0.15, 0.2) is 5.10 Å². The third-order valence-corrected chi connectivity index (χ3v) is 3.57. The molecule has 1 rings (SSSR count). The fourth-order valence-corrected chi connectivity index (χ4v) is 1.84. The maximum absolute atomic E-state index is 11.6. The van der Waals surface area contributed by atoms with Crippen LogP contribution in [0, 0.1) is 0 Å². The molecule has 0 spiro atoms. The van der Waals surface area contributed by atoms with Crippen molar-refractivity contribution in [2.24, 2.45) is 5.10 Å². The summed E-state index contributed by atoms with van der Waals surface area (Å²) in [6, 6.07) is 0. The summed E-state index contributed by atoms with van der Waals surface area (Å²) in [6.45, 7) is 1.43. The fraction of sp³-hybridized carbons (Fsp3) is 0.714. The number of hydrogen-bond acceptors (Lipinski definition) is 5. The molecule has 7 nitrogen and oxygen atoms in total. The van der Waals surface area contributed by atoms with Crippen LogP contribution in [0.3, 0.4) is 0 Å². The lowest BCUT2D eigenvalue weighted by molar-refractivity contribution is -0.124. The number of hydrogen-bond donors (Lipinski definition) is 1. The number of carbonyl (C=O) groups excluding carboxylic acids is 1. The molecule has 15 heavy (non-hydrogen) atoms. The lowest BCUT2D eigenvalue weighted by atomic mass is 10.2. The Morgan fingerprint density at radius 2 is 2.07 bits per heavy atom. The van der Waals surface area contributed by atoms with Gasteiger partial charge in [0, 0.05) is 14.1 Å². The van der Waals surface area contributed by atoms with Crippen molar-refractivity contribution in [2.45, 2.75) is 19.4 Å². The molecule has 8 heteroatoms. The highest BCUT2D eigenvalue weighted by molar-refractivity contribution is 7.87. The van der Waals surface area contributed by atoms with Crippen LogP contribution in [0.2, 0.25) is 0 Å². The largest absolute Gasteiger partial charge is 0.387 e. The van der Waals surface area contributed by atoms with E-state index in [1.165, 1.54) is 21.0 Å². The SMILES string of the molecule is CC(O)C1=NN(S(=O)(=O)N(C)C)C(=O)C1. The average Bonchev–Trinajstić information content (AvgIpc) is 2.47. The monoisotopic (exact) mass is 235 g/mol. The Balaban J connectivity index is 3.04. The molecule has 1 aliphatic heterocycles. The van der Waals surface area contributed by atoms with Crippen molar-refractivity contribution in [1.82, 2.24) is 8.72 Å². The van der Waals surface area contributed by atoms with Gasteiger partial charge in [-0.3, -0.25) is 4.79 Å². The van der Waals surface area contributed by atoms with E-state index in [2.05, 4.69) is 5.10 Å². The predicted molar refractivity (Wildman–Crippen MR) is 53.2 cm³/mol. The van der Waals surface area contributed by atoms with E-state index in [-0.39, 0.29) is 12.1 Å². The minimum absolute atomic E-state index is 0.158. The van der Waals surface area contributed by atoms with E-state index in [1.807, 2.05) is 0 Å². The van der Waals surface area contributed by atoms with Gasteiger partial charge in [-0.2, -0.15) is 17.8 Å². The van der Waals surface area contributed by atoms with Crippen LogP contribution in [-0.2, 0) is 15.0 Å². The summed E-state index contributed by atoms with van der Waals surface area (Å²) in [5.74, 6) is -0.653. The number of rotatable bonds is 3. The van der Waals surface area contributed by atoms with Crippen molar-refractivity contribution in [3.63, 3.8) is 0 Å². The van der Waals surface area contributed by atoms with Gasteiger partial charge in [0.05, 0.1) is 18.2 Å². The van der Waals surface area contributed by atoms with Gasteiger partial charge in [0.25, 0.3) is 5.91 Å². The Kier molecular flexibility index (Phi) is 3.12. The first-order valence-electron chi connectivity index (χ1n) is 4.28. The summed E-state index contributed by atoms with van der Waals surface area (Å²) < 4.78 is 24.4. The molecule has 0 saturated heterocycles. The number of nitrogens with zero attached hydrogens (tertiary/aromatic N) is 3. The van der Waals surface area contributed by atoms with Crippen LogP contribution in [-0.4, -0.2) is 54.1 Å². The van der Waals surface area contributed by atoms with Crippen LogP contribution in [0.25, 0.3) is 0 Å². The van der Waals surface area contributed by atoms with Crippen molar-refractivity contribution >= 4 is 21.8 Å². The smallest absolute Gasteiger partial charge is 0.325 e. The van der Waals surface area contributed by atoms with Crippen LogP contribution in [0.1, 0.15) is 13.3 Å². The zero-order valence-corrected chi connectivity index (χ0v) is 9.52. The third kappa shape index (κ3) is 2.16. The maximum atomic E-state index is 11.6. The number of amides is 1. The Labute approximate surface area is 88.2 Å². The summed E-state index contributed by atoms with van der Waals surface area (Å²) in [5.41, 5.74) is 0.158. The lowest BCUT2D eigenvalue weighted by Gasteiger charge is -2.16. The van der Waals surface area contributed by atoms with Crippen LogP contribution in [0.4, 0.5) is 0 Å². The van der Waals surface area contributed by atoms with E-state index < -0.39 is 22.2 Å². The second-order valence-electron chi connectivity index (χ2n) is 3.37. The average molecular weight is 235 g/mol. The second kappa shape index (κ2) is 3.87. The molecule has 0 bridgehead atoms. The Morgan fingerprint density at radius 3 is 2.40 bits per heavy atom. The van der Waals surface area contributed by atoms with Gasteiger partial charge < -0.3 is 5.11 Å². The van der Waals surface area contributed by atoms with Gasteiger partial charge in [-0.05, 0) is 6.92 Å². The summed E-state index contributed by atoms with van der Waals surface area (Å²) >= 11 is 0. The molecule has 0 saturated carbocycles. The van der Waals surface area contributed by atoms with Crippen molar-refractivity contribution in [2.75, 3.05) is 14.1 Å². The Bertz CT molecular complexity index is 398. The van der Waals surface area contributed by atoms with E-state index in [0.29, 0.717) is 4.41 Å². The van der Waals surface area contributed by atoms with E-state index >= 15 is 0 Å². The van der Waals surface area contributed by atoms with Crippen molar-refractivity contribution in [3.05, 3.63) is 0 Å². The summed E-state index contributed by atoms with van der Waals surface area (Å²) in [6.07, 6.45) is -1.08. The first-order chi connectivity index (χ1) is 6.76. The molecule has 0 aromatic carbocycles. The molecule has 0 aliphatic carbocycles. The van der Waals surface area contributed by atoms with Gasteiger partial charge in [0.2, 0.25) is 0 Å². The molecule has 1 unspecified atom stereocenters. The quantitative estimate of drug-likeness (QED) is 0.662. The zero-order chi connectivity index (χ0) is 11.8. The normalized spacial score (nSPS) is 19.7. The molecule has 0 aromatic rings. The molecule has 1 heterocycles. The van der Waals surface area contributed by atoms with E-state index in [4.69, 9.17) is 0 Å². The zero-order valence-electron chi connectivity index (χ0n) is 8.71. The van der Waals surface area contributed by atoms with Gasteiger partial charge in [-0.15, -0.1) is 4.41 Å². The summed E-state index contributed by atoms with van der Waals surface area (Å²) in [5, 5.41) is 12.8. The summed E-state index contributed by atoms with van der Waals surface area (Å²) in [7, 11) is -1.27. The Hall–Kier alpha value is -0.990. The fourth-order valence-electron chi connectivity index (χ4n) is 0.997. The number of hydrazone groups is 1. The highest BCUT2D eigenvalue weighted by Crippen LogP contribution is 2.16. The highest BCUT2D eigenvalue weighted by atomic mass is 32.2. The van der Waals surface area contributed by atoms with Crippen LogP contribution < -0.4 is 0 Å². The summed E-state index contributed by atoms with van der Waals surface area (Å²) in [4.78, 5) is 11.3. The van der Waals surface area contributed by atoms with Gasteiger partial charge >= 0.3 is 10.2 Å². The molecule has 0 fully saturated rings. The minimum atomic E-state index is -3.87. The van der Waals surface area contributed by atoms with Gasteiger partial charge in [-0.1, -0.05) is 0 Å². The van der Waals surface area contributed by atoms with Crippen molar-refractivity contribution in [3.8, 4) is 0 Å². The molecular formula is C7H13N3O4S. The van der Waals surface area contributed by atoms with E-state index in [9.17, 15) is 18.3 Å². The Morgan fingerprint density at radius 1 is 1.53 bits per heavy atom. The van der Waals surface area contributed by atoms with Crippen molar-refractivity contribution < 1.29 is 18.3 Å². The first-order valence-corrected chi connectivity index (χ1v) is 5.67. The topological polar surface area (TPSA) is 90.3 Å². The maximum Gasteiger partial charge on any atom is 0.325 e. The van der Waals surface area contributed by atoms with Gasteiger partial charge in [0.1, 0.15) is 0 Å².